The number of amides is 1. The summed E-state index contributed by atoms with van der Waals surface area (Å²) in [6.07, 6.45) is 0.182. The van der Waals surface area contributed by atoms with Gasteiger partial charge in [0.05, 0.1) is 19.4 Å². The quantitative estimate of drug-likeness (QED) is 0.681. The minimum absolute atomic E-state index is 0.0887. The molecule has 1 unspecified atom stereocenters. The Kier molecular flexibility index (Phi) is 7.68. The Labute approximate surface area is 137 Å². The van der Waals surface area contributed by atoms with Crippen molar-refractivity contribution in [3.63, 3.8) is 0 Å². The van der Waals surface area contributed by atoms with E-state index >= 15 is 0 Å². The Morgan fingerprint density at radius 1 is 1.17 bits per heavy atom. The summed E-state index contributed by atoms with van der Waals surface area (Å²) in [5.41, 5.74) is 0.747. The molecule has 0 aromatic heterocycles. The molecule has 0 heterocycles. The Morgan fingerprint density at radius 2 is 1.78 bits per heavy atom. The second kappa shape index (κ2) is 9.25. The lowest BCUT2D eigenvalue weighted by Crippen LogP contribution is -2.41. The topological polar surface area (TPSA) is 49.9 Å². The van der Waals surface area contributed by atoms with Gasteiger partial charge in [-0.1, -0.05) is 19.1 Å². The molecule has 1 rings (SSSR count). The van der Waals surface area contributed by atoms with Gasteiger partial charge in [0.25, 0.3) is 0 Å². The van der Waals surface area contributed by atoms with Gasteiger partial charge in [0, 0.05) is 19.6 Å². The summed E-state index contributed by atoms with van der Waals surface area (Å²) in [6, 6.07) is 5.87. The van der Waals surface area contributed by atoms with Crippen LogP contribution in [-0.2, 0) is 20.7 Å². The molecule has 1 aromatic carbocycles. The van der Waals surface area contributed by atoms with E-state index in [-0.39, 0.29) is 30.0 Å². The average molecular weight is 324 g/mol. The summed E-state index contributed by atoms with van der Waals surface area (Å²) < 4.78 is 17.7. The van der Waals surface area contributed by atoms with Crippen LogP contribution in [0.3, 0.4) is 0 Å². The smallest absolute Gasteiger partial charge is 0.310 e. The zero-order valence-electron chi connectivity index (χ0n) is 14.2. The molecular weight excluding hydrogens is 299 g/mol. The van der Waals surface area contributed by atoms with Gasteiger partial charge in [-0.05, 0) is 31.8 Å². The standard InChI is InChI=1S/C17H25FN2O3/c1-13(17(22)23-4)12-20(10-9-19(2)3)16(21)11-14-5-7-15(18)8-6-14/h5-8,13H,9-12H2,1-4H3. The minimum Gasteiger partial charge on any atom is -0.469 e. The van der Waals surface area contributed by atoms with E-state index in [1.54, 1.807) is 24.0 Å². The van der Waals surface area contributed by atoms with Gasteiger partial charge in [-0.25, -0.2) is 4.39 Å². The fourth-order valence-corrected chi connectivity index (χ4v) is 2.13. The molecular formula is C17H25FN2O3. The number of benzene rings is 1. The molecule has 128 valence electrons. The van der Waals surface area contributed by atoms with E-state index in [0.29, 0.717) is 19.6 Å². The van der Waals surface area contributed by atoms with Crippen LogP contribution in [-0.4, -0.2) is 62.5 Å². The third-order valence-electron chi connectivity index (χ3n) is 3.54. The molecule has 0 fully saturated rings. The number of halogens is 1. The van der Waals surface area contributed by atoms with Gasteiger partial charge in [0.2, 0.25) is 5.91 Å². The first-order valence-corrected chi connectivity index (χ1v) is 7.58. The molecule has 23 heavy (non-hydrogen) atoms. The maximum Gasteiger partial charge on any atom is 0.310 e. The van der Waals surface area contributed by atoms with Gasteiger partial charge in [0.15, 0.2) is 0 Å². The molecule has 0 saturated heterocycles. The van der Waals surface area contributed by atoms with Crippen molar-refractivity contribution in [2.75, 3.05) is 40.8 Å². The number of methoxy groups -OCH3 is 1. The molecule has 1 amide bonds. The van der Waals surface area contributed by atoms with Gasteiger partial charge in [-0.2, -0.15) is 0 Å². The molecule has 5 nitrogen and oxygen atoms in total. The summed E-state index contributed by atoms with van der Waals surface area (Å²) in [5, 5.41) is 0. The van der Waals surface area contributed by atoms with E-state index in [4.69, 9.17) is 4.74 Å². The van der Waals surface area contributed by atoms with E-state index in [0.717, 1.165) is 5.56 Å². The molecule has 0 aliphatic carbocycles. The van der Waals surface area contributed by atoms with Crippen molar-refractivity contribution in [3.05, 3.63) is 35.6 Å². The Morgan fingerprint density at radius 3 is 2.30 bits per heavy atom. The lowest BCUT2D eigenvalue weighted by Gasteiger charge is -2.26. The number of carbonyl (C=O) groups excluding carboxylic acids is 2. The number of carbonyl (C=O) groups is 2. The molecule has 0 N–H and O–H groups in total. The Balaban J connectivity index is 2.74. The Hall–Kier alpha value is -1.95. The number of ether oxygens (including phenoxy) is 1. The van der Waals surface area contributed by atoms with Crippen molar-refractivity contribution >= 4 is 11.9 Å². The Bertz CT molecular complexity index is 517. The highest BCUT2D eigenvalue weighted by molar-refractivity contribution is 5.80. The predicted octanol–water partition coefficient (Wildman–Crippen LogP) is 1.57. The van der Waals surface area contributed by atoms with E-state index in [9.17, 15) is 14.0 Å². The number of hydrogen-bond donors (Lipinski definition) is 0. The van der Waals surface area contributed by atoms with Gasteiger partial charge < -0.3 is 14.5 Å². The van der Waals surface area contributed by atoms with Crippen molar-refractivity contribution in [2.24, 2.45) is 5.92 Å². The molecule has 1 aromatic rings. The van der Waals surface area contributed by atoms with Crippen LogP contribution in [0.5, 0.6) is 0 Å². The van der Waals surface area contributed by atoms with Crippen LogP contribution in [0.4, 0.5) is 4.39 Å². The first-order valence-electron chi connectivity index (χ1n) is 7.58. The fraction of sp³-hybridized carbons (Fsp3) is 0.529. The highest BCUT2D eigenvalue weighted by Gasteiger charge is 2.21. The van der Waals surface area contributed by atoms with Crippen molar-refractivity contribution < 1.29 is 18.7 Å². The van der Waals surface area contributed by atoms with Crippen molar-refractivity contribution in [2.45, 2.75) is 13.3 Å². The van der Waals surface area contributed by atoms with E-state index < -0.39 is 0 Å². The average Bonchev–Trinajstić information content (AvgIpc) is 2.52. The molecule has 1 atom stereocenters. The molecule has 0 saturated carbocycles. The first-order chi connectivity index (χ1) is 10.8. The van der Waals surface area contributed by atoms with E-state index in [1.165, 1.54) is 19.2 Å². The second-order valence-electron chi connectivity index (χ2n) is 5.87. The van der Waals surface area contributed by atoms with Crippen molar-refractivity contribution in [1.29, 1.82) is 0 Å². The lowest BCUT2D eigenvalue weighted by atomic mass is 10.1. The van der Waals surface area contributed by atoms with Crippen LogP contribution < -0.4 is 0 Å². The molecule has 0 spiro atoms. The summed E-state index contributed by atoms with van der Waals surface area (Å²) in [7, 11) is 5.18. The highest BCUT2D eigenvalue weighted by Crippen LogP contribution is 2.08. The molecule has 0 aliphatic heterocycles. The zero-order chi connectivity index (χ0) is 17.4. The van der Waals surface area contributed by atoms with Gasteiger partial charge in [0.1, 0.15) is 5.82 Å². The van der Waals surface area contributed by atoms with Crippen LogP contribution >= 0.6 is 0 Å². The third kappa shape index (κ3) is 6.78. The normalized spacial score (nSPS) is 12.1. The number of rotatable bonds is 8. The largest absolute Gasteiger partial charge is 0.469 e. The maximum absolute atomic E-state index is 12.9. The van der Waals surface area contributed by atoms with Crippen molar-refractivity contribution in [3.8, 4) is 0 Å². The summed E-state index contributed by atoms with van der Waals surface area (Å²) in [6.45, 7) is 3.26. The zero-order valence-corrected chi connectivity index (χ0v) is 14.2. The molecule has 0 bridgehead atoms. The predicted molar refractivity (Wildman–Crippen MR) is 86.4 cm³/mol. The second-order valence-corrected chi connectivity index (χ2v) is 5.87. The minimum atomic E-state index is -0.390. The molecule has 6 heteroatoms. The summed E-state index contributed by atoms with van der Waals surface area (Å²) in [4.78, 5) is 27.7. The van der Waals surface area contributed by atoms with E-state index in [1.807, 2.05) is 19.0 Å². The third-order valence-corrected chi connectivity index (χ3v) is 3.54. The number of hydrogen-bond acceptors (Lipinski definition) is 4. The van der Waals surface area contributed by atoms with Crippen LogP contribution in [0, 0.1) is 11.7 Å². The van der Waals surface area contributed by atoms with Gasteiger partial charge >= 0.3 is 5.97 Å². The highest BCUT2D eigenvalue weighted by atomic mass is 19.1. The SMILES string of the molecule is COC(=O)C(C)CN(CCN(C)C)C(=O)Cc1ccc(F)cc1. The monoisotopic (exact) mass is 324 g/mol. The maximum atomic E-state index is 12.9. The van der Waals surface area contributed by atoms with E-state index in [2.05, 4.69) is 0 Å². The van der Waals surface area contributed by atoms with Crippen molar-refractivity contribution in [1.82, 2.24) is 9.80 Å². The first kappa shape index (κ1) is 19.1. The van der Waals surface area contributed by atoms with Crippen LogP contribution in [0.1, 0.15) is 12.5 Å². The van der Waals surface area contributed by atoms with Crippen LogP contribution in [0.2, 0.25) is 0 Å². The lowest BCUT2D eigenvalue weighted by molar-refractivity contribution is -0.146. The van der Waals surface area contributed by atoms with Crippen LogP contribution in [0.15, 0.2) is 24.3 Å². The molecule has 0 radical (unpaired) electrons. The summed E-state index contributed by atoms with van der Waals surface area (Å²) in [5.74, 6) is -1.15. The van der Waals surface area contributed by atoms with Gasteiger partial charge in [-0.15, -0.1) is 0 Å². The number of likely N-dealkylation sites (N-methyl/N-ethyl adjacent to an activating group) is 1. The number of esters is 1. The van der Waals surface area contributed by atoms with Gasteiger partial charge in [-0.3, -0.25) is 9.59 Å². The summed E-state index contributed by atoms with van der Waals surface area (Å²) >= 11 is 0. The molecule has 0 aliphatic rings. The fourth-order valence-electron chi connectivity index (χ4n) is 2.13. The number of nitrogens with zero attached hydrogens (tertiary/aromatic N) is 2. The van der Waals surface area contributed by atoms with Crippen LogP contribution in [0.25, 0.3) is 0 Å².